The second kappa shape index (κ2) is 15.6. The van der Waals surface area contributed by atoms with Crippen LogP contribution < -0.4 is 10.9 Å². The lowest BCUT2D eigenvalue weighted by molar-refractivity contribution is -0.233. The lowest BCUT2D eigenvalue weighted by Crippen LogP contribution is -2.59. The van der Waals surface area contributed by atoms with Crippen molar-refractivity contribution >= 4 is 33.6 Å². The maximum Gasteiger partial charge on any atom is 0.417 e. The van der Waals surface area contributed by atoms with E-state index in [4.69, 9.17) is 0 Å². The number of piperidine rings is 2. The highest BCUT2D eigenvalue weighted by atomic mass is 19.4. The Kier molecular flexibility index (Phi) is 11.4. The molecule has 2 aliphatic heterocycles. The van der Waals surface area contributed by atoms with Gasteiger partial charge in [-0.05, 0) is 65.5 Å². The second-order valence-corrected chi connectivity index (χ2v) is 14.8. The summed E-state index contributed by atoms with van der Waals surface area (Å²) in [5.41, 5.74) is -5.73. The van der Waals surface area contributed by atoms with Crippen LogP contribution >= 0.6 is 0 Å². The standard InChI is InChI=1S/C39H38F10N4O4/c1-51-29-9-8-22(20-52-16-12-37(42,43)13-17-52)18-27(29)32(38(44,45)46)31(33(51)54)26-7-3-5-24-23(4-2-6-25(24)26)19-28(34(55)56)50-35(57)36(39(47,48)49)10-14-53(15-11-36)21-30(40)41/h2-9,18,28,30H,10-17,19-21H2,1H3,(H,50,57)(H,55,56)/t28-/m0/s1. The normalized spacial score (nSPS) is 18.6. The first-order chi connectivity index (χ1) is 26.6. The van der Waals surface area contributed by atoms with Crippen LogP contribution in [0.1, 0.15) is 42.4 Å². The highest BCUT2D eigenvalue weighted by Crippen LogP contribution is 2.47. The summed E-state index contributed by atoms with van der Waals surface area (Å²) in [5.74, 6) is -6.18. The van der Waals surface area contributed by atoms with E-state index < -0.39 is 116 Å². The first-order valence-corrected chi connectivity index (χ1v) is 18.1. The van der Waals surface area contributed by atoms with Crippen LogP contribution in [0.2, 0.25) is 0 Å². The first-order valence-electron chi connectivity index (χ1n) is 18.1. The SMILES string of the molecule is Cn1c(=O)c(-c2cccc3c(C[C@H](NC(=O)C4(C(F)(F)F)CCN(CC(F)F)CC4)C(=O)O)cccc23)c(C(F)(F)F)c2cc(CN3CCC(F)(F)CC3)ccc21. The van der Waals surface area contributed by atoms with Crippen LogP contribution in [0, 0.1) is 5.41 Å². The van der Waals surface area contributed by atoms with Crippen LogP contribution in [-0.2, 0) is 35.8 Å². The monoisotopic (exact) mass is 816 g/mol. The summed E-state index contributed by atoms with van der Waals surface area (Å²) in [6.45, 7) is -1.62. The zero-order valence-electron chi connectivity index (χ0n) is 30.4. The number of carbonyl (C=O) groups is 2. The Balaban J connectivity index is 1.38. The number of alkyl halides is 10. The number of amides is 1. The Hall–Kier alpha value is -4.71. The van der Waals surface area contributed by atoms with Crippen molar-refractivity contribution in [2.24, 2.45) is 12.5 Å². The molecule has 4 aromatic rings. The van der Waals surface area contributed by atoms with E-state index >= 15 is 13.2 Å². The molecule has 0 unspecified atom stereocenters. The third-order valence-electron chi connectivity index (χ3n) is 11.1. The summed E-state index contributed by atoms with van der Waals surface area (Å²) in [4.78, 5) is 42.4. The Bertz CT molecular complexity index is 2220. The Morgan fingerprint density at radius 2 is 1.46 bits per heavy atom. The van der Waals surface area contributed by atoms with Gasteiger partial charge in [-0.3, -0.25) is 19.4 Å². The zero-order chi connectivity index (χ0) is 41.7. The number of carbonyl (C=O) groups excluding carboxylic acids is 1. The molecule has 1 atom stereocenters. The number of aromatic nitrogens is 1. The maximum absolute atomic E-state index is 15.2. The van der Waals surface area contributed by atoms with Gasteiger partial charge in [0.1, 0.15) is 11.5 Å². The summed E-state index contributed by atoms with van der Waals surface area (Å²) >= 11 is 0. The molecular weight excluding hydrogens is 778 g/mol. The minimum Gasteiger partial charge on any atom is -0.480 e. The molecule has 8 nitrogen and oxygen atoms in total. The molecule has 0 spiro atoms. The number of likely N-dealkylation sites (tertiary alicyclic amines) is 2. The minimum atomic E-state index is -5.15. The number of hydrogen-bond donors (Lipinski definition) is 2. The van der Waals surface area contributed by atoms with Gasteiger partial charge >= 0.3 is 18.3 Å². The number of nitrogens with zero attached hydrogens (tertiary/aromatic N) is 3. The molecule has 0 bridgehead atoms. The van der Waals surface area contributed by atoms with Crippen molar-refractivity contribution in [3.8, 4) is 11.1 Å². The summed E-state index contributed by atoms with van der Waals surface area (Å²) in [6.07, 6.45) is -16.2. The molecule has 6 rings (SSSR count). The van der Waals surface area contributed by atoms with Crippen molar-refractivity contribution < 1.29 is 58.6 Å². The molecule has 2 N–H and O–H groups in total. The fourth-order valence-electron chi connectivity index (χ4n) is 7.97. The quantitative estimate of drug-likeness (QED) is 0.160. The van der Waals surface area contributed by atoms with Gasteiger partial charge in [0.15, 0.2) is 0 Å². The highest BCUT2D eigenvalue weighted by Gasteiger charge is 2.61. The topological polar surface area (TPSA) is 94.9 Å². The Morgan fingerprint density at radius 1 is 0.842 bits per heavy atom. The Morgan fingerprint density at radius 3 is 2.05 bits per heavy atom. The number of hydrogen-bond acceptors (Lipinski definition) is 5. The third kappa shape index (κ3) is 8.47. The van der Waals surface area contributed by atoms with Gasteiger partial charge in [-0.2, -0.15) is 26.3 Å². The molecule has 0 radical (unpaired) electrons. The fourth-order valence-corrected chi connectivity index (χ4v) is 7.97. The summed E-state index contributed by atoms with van der Waals surface area (Å²) in [6, 6.07) is 10.4. The molecule has 1 amide bonds. The van der Waals surface area contributed by atoms with E-state index in [0.29, 0.717) is 5.56 Å². The minimum absolute atomic E-state index is 0.0337. The van der Waals surface area contributed by atoms with Crippen molar-refractivity contribution in [2.45, 2.75) is 69.4 Å². The summed E-state index contributed by atoms with van der Waals surface area (Å²) in [5, 5.41) is 12.0. The van der Waals surface area contributed by atoms with Gasteiger partial charge in [-0.15, -0.1) is 0 Å². The van der Waals surface area contributed by atoms with Gasteiger partial charge in [0, 0.05) is 51.3 Å². The van der Waals surface area contributed by atoms with E-state index in [1.807, 2.05) is 5.32 Å². The van der Waals surface area contributed by atoms with E-state index in [0.717, 1.165) is 9.47 Å². The average Bonchev–Trinajstić information content (AvgIpc) is 3.12. The lowest BCUT2D eigenvalue weighted by Gasteiger charge is -2.41. The number of pyridine rings is 1. The molecular formula is C39H38F10N4O4. The molecule has 2 fully saturated rings. The third-order valence-corrected chi connectivity index (χ3v) is 11.1. The number of carboxylic acids is 1. The molecule has 3 aromatic carbocycles. The van der Waals surface area contributed by atoms with Crippen molar-refractivity contribution in [2.75, 3.05) is 32.7 Å². The fraction of sp³-hybridized carbons (Fsp3) is 0.462. The van der Waals surface area contributed by atoms with Crippen LogP contribution in [0.5, 0.6) is 0 Å². The molecule has 57 heavy (non-hydrogen) atoms. The molecule has 3 heterocycles. The van der Waals surface area contributed by atoms with Gasteiger partial charge < -0.3 is 15.0 Å². The van der Waals surface area contributed by atoms with E-state index in [1.54, 1.807) is 4.90 Å². The van der Waals surface area contributed by atoms with Crippen molar-refractivity contribution in [3.63, 3.8) is 0 Å². The van der Waals surface area contributed by atoms with E-state index in [1.165, 1.54) is 61.6 Å². The van der Waals surface area contributed by atoms with Gasteiger partial charge in [-0.25, -0.2) is 22.4 Å². The number of aliphatic carboxylic acids is 1. The van der Waals surface area contributed by atoms with Crippen molar-refractivity contribution in [1.82, 2.24) is 19.7 Å². The van der Waals surface area contributed by atoms with Crippen LogP contribution in [0.25, 0.3) is 32.8 Å². The number of nitrogens with one attached hydrogen (secondary N) is 1. The number of benzene rings is 3. The van der Waals surface area contributed by atoms with Crippen LogP contribution in [0.3, 0.4) is 0 Å². The smallest absolute Gasteiger partial charge is 0.417 e. The maximum atomic E-state index is 15.2. The van der Waals surface area contributed by atoms with Crippen LogP contribution in [0.4, 0.5) is 43.9 Å². The summed E-state index contributed by atoms with van der Waals surface area (Å²) < 4.78 is 143. The largest absolute Gasteiger partial charge is 0.480 e. The van der Waals surface area contributed by atoms with Crippen molar-refractivity contribution in [1.29, 1.82) is 0 Å². The van der Waals surface area contributed by atoms with Crippen LogP contribution in [-0.4, -0.2) is 88.6 Å². The number of rotatable bonds is 10. The molecule has 2 saturated heterocycles. The molecule has 2 aliphatic rings. The van der Waals surface area contributed by atoms with Crippen molar-refractivity contribution in [3.05, 3.63) is 81.6 Å². The molecule has 18 heteroatoms. The number of halogens is 10. The highest BCUT2D eigenvalue weighted by molar-refractivity contribution is 6.02. The number of fused-ring (bicyclic) bond motifs is 2. The predicted molar refractivity (Wildman–Crippen MR) is 190 cm³/mol. The van der Waals surface area contributed by atoms with Gasteiger partial charge in [-0.1, -0.05) is 42.5 Å². The number of carboxylic acid groups (broad SMARTS) is 1. The van der Waals surface area contributed by atoms with E-state index in [9.17, 15) is 50.2 Å². The molecule has 0 saturated carbocycles. The van der Waals surface area contributed by atoms with E-state index in [-0.39, 0.29) is 52.4 Å². The van der Waals surface area contributed by atoms with E-state index in [2.05, 4.69) is 0 Å². The predicted octanol–water partition coefficient (Wildman–Crippen LogP) is 7.63. The molecule has 1 aromatic heterocycles. The summed E-state index contributed by atoms with van der Waals surface area (Å²) in [7, 11) is 1.30. The Labute approximate surface area is 319 Å². The zero-order valence-corrected chi connectivity index (χ0v) is 30.4. The van der Waals surface area contributed by atoms with Gasteiger partial charge in [0.25, 0.3) is 17.9 Å². The number of aryl methyl sites for hydroxylation is 1. The second-order valence-electron chi connectivity index (χ2n) is 14.8. The first kappa shape index (κ1) is 41.9. The van der Waals surface area contributed by atoms with Gasteiger partial charge in [0.2, 0.25) is 5.91 Å². The van der Waals surface area contributed by atoms with Gasteiger partial charge in [0.05, 0.1) is 23.2 Å². The molecule has 0 aliphatic carbocycles. The lowest BCUT2D eigenvalue weighted by atomic mass is 9.76. The van der Waals surface area contributed by atoms with Crippen LogP contribution in [0.15, 0.2) is 59.4 Å². The molecule has 308 valence electrons. The average molecular weight is 817 g/mol.